The molecule has 140 valence electrons. The van der Waals surface area contributed by atoms with Gasteiger partial charge in [-0.2, -0.15) is 0 Å². The van der Waals surface area contributed by atoms with Crippen molar-refractivity contribution in [2.45, 2.75) is 69.2 Å². The smallest absolute Gasteiger partial charge is 0.263 e. The topological polar surface area (TPSA) is 44.1 Å². The molecule has 0 aromatic carbocycles. The quantitative estimate of drug-likeness (QED) is 0.325. The lowest BCUT2D eigenvalue weighted by atomic mass is 10.1. The molecule has 1 fully saturated rings. The summed E-state index contributed by atoms with van der Waals surface area (Å²) in [6.07, 6.45) is 11.3. The predicted octanol–water partition coefficient (Wildman–Crippen LogP) is 4.57. The molecule has 3 heterocycles. The molecule has 1 saturated heterocycles. The van der Waals surface area contributed by atoms with Crippen LogP contribution in [0.5, 0.6) is 0 Å². The van der Waals surface area contributed by atoms with Crippen molar-refractivity contribution >= 4 is 33.3 Å². The van der Waals surface area contributed by atoms with Crippen molar-refractivity contribution in [3.8, 4) is 0 Å². The summed E-state index contributed by atoms with van der Waals surface area (Å²) >= 11 is 3.39. The molecule has 0 saturated carbocycles. The van der Waals surface area contributed by atoms with E-state index in [0.29, 0.717) is 6.54 Å². The van der Waals surface area contributed by atoms with Crippen LogP contribution < -0.4 is 5.56 Å². The predicted molar refractivity (Wildman–Crippen MR) is 110 cm³/mol. The van der Waals surface area contributed by atoms with Crippen LogP contribution in [0, 0.1) is 0 Å². The first-order valence-corrected chi connectivity index (χ1v) is 11.5. The van der Waals surface area contributed by atoms with Gasteiger partial charge in [-0.25, -0.2) is 4.98 Å². The number of nitrogens with zero attached hydrogens (tertiary/aromatic N) is 2. The SMILES string of the molecule is C=CCn1c(SC[C@@H]2CCCCO2)nc2sc3c(c2c1=O)CCCCC3. The fourth-order valence-corrected chi connectivity index (χ4v) is 6.28. The fraction of sp³-hybridized carbons (Fsp3) is 0.600. The van der Waals surface area contributed by atoms with E-state index in [0.717, 1.165) is 53.4 Å². The molecule has 2 aromatic heterocycles. The Morgan fingerprint density at radius 2 is 2.15 bits per heavy atom. The number of thioether (sulfide) groups is 1. The van der Waals surface area contributed by atoms with Crippen LogP contribution in [0.4, 0.5) is 0 Å². The van der Waals surface area contributed by atoms with Crippen LogP contribution in [-0.4, -0.2) is 28.0 Å². The molecule has 0 spiro atoms. The monoisotopic (exact) mass is 390 g/mol. The van der Waals surface area contributed by atoms with E-state index >= 15 is 0 Å². The summed E-state index contributed by atoms with van der Waals surface area (Å²) in [4.78, 5) is 20.5. The van der Waals surface area contributed by atoms with Crippen molar-refractivity contribution in [3.05, 3.63) is 33.4 Å². The van der Waals surface area contributed by atoms with E-state index in [4.69, 9.17) is 9.72 Å². The van der Waals surface area contributed by atoms with Crippen LogP contribution in [0.25, 0.3) is 10.2 Å². The average Bonchev–Trinajstić information content (AvgIpc) is 2.85. The first-order chi connectivity index (χ1) is 12.8. The normalized spacial score (nSPS) is 20.7. The summed E-state index contributed by atoms with van der Waals surface area (Å²) in [6.45, 7) is 5.21. The van der Waals surface area contributed by atoms with Crippen molar-refractivity contribution in [1.82, 2.24) is 9.55 Å². The molecule has 2 aromatic rings. The van der Waals surface area contributed by atoms with E-state index in [9.17, 15) is 4.79 Å². The zero-order valence-corrected chi connectivity index (χ0v) is 16.8. The third kappa shape index (κ3) is 3.64. The van der Waals surface area contributed by atoms with Crippen LogP contribution in [-0.2, 0) is 24.1 Å². The lowest BCUT2D eigenvalue weighted by molar-refractivity contribution is 0.0315. The second-order valence-electron chi connectivity index (χ2n) is 7.14. The van der Waals surface area contributed by atoms with E-state index < -0.39 is 0 Å². The standard InChI is InChI=1S/C20H26N2O2S2/c1-2-11-22-19(23)17-15-9-4-3-5-10-16(15)26-18(17)21-20(22)25-13-14-8-6-7-12-24-14/h2,14H,1,3-13H2/t14-/m0/s1. The minimum Gasteiger partial charge on any atom is -0.377 e. The average molecular weight is 391 g/mol. The first kappa shape index (κ1) is 18.3. The Bertz CT molecular complexity index is 850. The maximum atomic E-state index is 13.3. The second-order valence-corrected chi connectivity index (χ2v) is 9.21. The highest BCUT2D eigenvalue weighted by molar-refractivity contribution is 7.99. The van der Waals surface area contributed by atoms with Crippen LogP contribution in [0.1, 0.15) is 49.0 Å². The van der Waals surface area contributed by atoms with Crippen LogP contribution >= 0.6 is 23.1 Å². The molecule has 26 heavy (non-hydrogen) atoms. The van der Waals surface area contributed by atoms with Crippen molar-refractivity contribution in [1.29, 1.82) is 0 Å². The highest BCUT2D eigenvalue weighted by Crippen LogP contribution is 2.34. The Labute approximate surface area is 162 Å². The maximum absolute atomic E-state index is 13.3. The summed E-state index contributed by atoms with van der Waals surface area (Å²) in [7, 11) is 0. The third-order valence-electron chi connectivity index (χ3n) is 5.27. The van der Waals surface area contributed by atoms with Crippen LogP contribution in [0.2, 0.25) is 0 Å². The summed E-state index contributed by atoms with van der Waals surface area (Å²) in [6, 6.07) is 0. The highest BCUT2D eigenvalue weighted by Gasteiger charge is 2.22. The Hall–Kier alpha value is -1.11. The number of rotatable bonds is 5. The van der Waals surface area contributed by atoms with Crippen molar-refractivity contribution in [2.75, 3.05) is 12.4 Å². The molecule has 1 atom stereocenters. The molecule has 1 aliphatic carbocycles. The number of allylic oxidation sites excluding steroid dienone is 1. The molecule has 0 bridgehead atoms. The Morgan fingerprint density at radius 1 is 1.27 bits per heavy atom. The van der Waals surface area contributed by atoms with E-state index in [2.05, 4.69) is 6.58 Å². The van der Waals surface area contributed by atoms with Crippen molar-refractivity contribution in [3.63, 3.8) is 0 Å². The van der Waals surface area contributed by atoms with Crippen LogP contribution in [0.3, 0.4) is 0 Å². The highest BCUT2D eigenvalue weighted by atomic mass is 32.2. The summed E-state index contributed by atoms with van der Waals surface area (Å²) in [5.41, 5.74) is 1.38. The molecule has 4 rings (SSSR count). The molecule has 0 unspecified atom stereocenters. The number of aromatic nitrogens is 2. The van der Waals surface area contributed by atoms with E-state index in [1.54, 1.807) is 33.7 Å². The molecule has 0 N–H and O–H groups in total. The lowest BCUT2D eigenvalue weighted by Crippen LogP contribution is -2.25. The summed E-state index contributed by atoms with van der Waals surface area (Å²) in [5.74, 6) is 0.861. The van der Waals surface area contributed by atoms with Gasteiger partial charge >= 0.3 is 0 Å². The largest absolute Gasteiger partial charge is 0.377 e. The van der Waals surface area contributed by atoms with E-state index in [1.807, 2.05) is 0 Å². The Morgan fingerprint density at radius 3 is 2.96 bits per heavy atom. The minimum atomic E-state index is 0.112. The molecule has 1 aliphatic heterocycles. The maximum Gasteiger partial charge on any atom is 0.263 e. The van der Waals surface area contributed by atoms with Gasteiger partial charge in [0.1, 0.15) is 4.83 Å². The Balaban J connectivity index is 1.71. The fourth-order valence-electron chi connectivity index (χ4n) is 3.90. The van der Waals surface area contributed by atoms with Gasteiger partial charge in [-0.15, -0.1) is 17.9 Å². The second kappa shape index (κ2) is 8.28. The lowest BCUT2D eigenvalue weighted by Gasteiger charge is -2.22. The zero-order valence-electron chi connectivity index (χ0n) is 15.2. The van der Waals surface area contributed by atoms with Crippen molar-refractivity contribution < 1.29 is 4.74 Å². The first-order valence-electron chi connectivity index (χ1n) is 9.68. The molecule has 6 heteroatoms. The van der Waals surface area contributed by atoms with E-state index in [-0.39, 0.29) is 11.7 Å². The minimum absolute atomic E-state index is 0.112. The van der Waals surface area contributed by atoms with Crippen LogP contribution in [0.15, 0.2) is 22.6 Å². The van der Waals surface area contributed by atoms with Gasteiger partial charge in [-0.05, 0) is 50.5 Å². The summed E-state index contributed by atoms with van der Waals surface area (Å²) < 4.78 is 7.65. The molecule has 4 nitrogen and oxygen atoms in total. The van der Waals surface area contributed by atoms with Gasteiger partial charge in [-0.1, -0.05) is 24.3 Å². The van der Waals surface area contributed by atoms with Crippen molar-refractivity contribution in [2.24, 2.45) is 0 Å². The zero-order chi connectivity index (χ0) is 17.9. The summed E-state index contributed by atoms with van der Waals surface area (Å²) in [5, 5.41) is 1.68. The number of ether oxygens (including phenoxy) is 1. The van der Waals surface area contributed by atoms with Gasteiger partial charge in [0.15, 0.2) is 5.16 Å². The van der Waals surface area contributed by atoms with Gasteiger partial charge in [0.2, 0.25) is 0 Å². The van der Waals surface area contributed by atoms with E-state index in [1.165, 1.54) is 36.1 Å². The van der Waals surface area contributed by atoms with Gasteiger partial charge in [0.05, 0.1) is 11.5 Å². The molecule has 0 radical (unpaired) electrons. The molecule has 2 aliphatic rings. The third-order valence-corrected chi connectivity index (χ3v) is 7.57. The Kier molecular flexibility index (Phi) is 5.81. The van der Waals surface area contributed by atoms with Gasteiger partial charge in [0, 0.05) is 23.8 Å². The van der Waals surface area contributed by atoms with Gasteiger partial charge in [0.25, 0.3) is 5.56 Å². The number of thiophene rings is 1. The number of hydrogen-bond donors (Lipinski definition) is 0. The number of fused-ring (bicyclic) bond motifs is 3. The number of aryl methyl sites for hydroxylation is 2. The molecular weight excluding hydrogens is 364 g/mol. The van der Waals surface area contributed by atoms with Gasteiger partial charge < -0.3 is 4.74 Å². The van der Waals surface area contributed by atoms with Gasteiger partial charge in [-0.3, -0.25) is 9.36 Å². The molecule has 0 amide bonds. The molecular formula is C20H26N2O2S2. The number of hydrogen-bond acceptors (Lipinski definition) is 5.